The predicted molar refractivity (Wildman–Crippen MR) is 115 cm³/mol. The molecule has 0 fully saturated rings. The van der Waals surface area contributed by atoms with Crippen LogP contribution in [0, 0.1) is 6.92 Å². The molecule has 3 aromatic heterocycles. The van der Waals surface area contributed by atoms with Crippen molar-refractivity contribution < 1.29 is 14.3 Å². The number of ketones is 1. The lowest BCUT2D eigenvalue weighted by Gasteiger charge is -2.08. The second-order valence-corrected chi connectivity index (χ2v) is 8.41. The van der Waals surface area contributed by atoms with E-state index in [1.165, 1.54) is 23.1 Å². The Kier molecular flexibility index (Phi) is 6.81. The lowest BCUT2D eigenvalue weighted by Crippen LogP contribution is -2.27. The Hall–Kier alpha value is -2.52. The maximum absolute atomic E-state index is 12.7. The van der Waals surface area contributed by atoms with E-state index in [0.29, 0.717) is 39.2 Å². The third-order valence-electron chi connectivity index (χ3n) is 4.22. The quantitative estimate of drug-likeness (QED) is 0.331. The van der Waals surface area contributed by atoms with Crippen molar-refractivity contribution in [2.24, 2.45) is 0 Å². The Bertz CT molecular complexity index is 1050. The highest BCUT2D eigenvalue weighted by molar-refractivity contribution is 8.00. The molecule has 0 aliphatic carbocycles. The van der Waals surface area contributed by atoms with Gasteiger partial charge >= 0.3 is 0 Å². The molecule has 0 radical (unpaired) electrons. The van der Waals surface area contributed by atoms with Crippen molar-refractivity contribution in [1.29, 1.82) is 0 Å². The molecule has 7 nitrogen and oxygen atoms in total. The van der Waals surface area contributed by atoms with E-state index in [2.05, 4.69) is 20.3 Å². The number of ether oxygens (including phenoxy) is 1. The SMILES string of the molecule is CCNC(=O)[C@@H](C)c1ccc(C(=O)CSc2nc(C)nc3ccc(OC)nc23)s1. The summed E-state index contributed by atoms with van der Waals surface area (Å²) in [5.74, 6) is 0.987. The third-order valence-corrected chi connectivity index (χ3v) is 6.49. The molecule has 0 spiro atoms. The molecule has 0 bridgehead atoms. The number of hydrogen-bond acceptors (Lipinski definition) is 8. The van der Waals surface area contributed by atoms with Crippen molar-refractivity contribution in [3.63, 3.8) is 0 Å². The number of amides is 1. The van der Waals surface area contributed by atoms with Gasteiger partial charge in [0.25, 0.3) is 0 Å². The molecule has 1 N–H and O–H groups in total. The zero-order chi connectivity index (χ0) is 21.0. The lowest BCUT2D eigenvalue weighted by molar-refractivity contribution is -0.122. The molecule has 1 atom stereocenters. The summed E-state index contributed by atoms with van der Waals surface area (Å²) in [6.45, 7) is 6.12. The number of nitrogens with zero attached hydrogens (tertiary/aromatic N) is 3. The number of nitrogens with one attached hydrogen (secondary N) is 1. The van der Waals surface area contributed by atoms with Crippen LogP contribution in [-0.2, 0) is 4.79 Å². The number of likely N-dealkylation sites (N-methyl/N-ethyl adjacent to an activating group) is 1. The number of aromatic nitrogens is 3. The van der Waals surface area contributed by atoms with Crippen LogP contribution < -0.4 is 10.1 Å². The molecule has 1 amide bonds. The van der Waals surface area contributed by atoms with Gasteiger partial charge in [-0.2, -0.15) is 0 Å². The third kappa shape index (κ3) is 4.91. The van der Waals surface area contributed by atoms with Crippen LogP contribution in [0.5, 0.6) is 5.88 Å². The highest BCUT2D eigenvalue weighted by Gasteiger charge is 2.19. The maximum Gasteiger partial charge on any atom is 0.228 e. The van der Waals surface area contributed by atoms with Gasteiger partial charge < -0.3 is 10.1 Å². The summed E-state index contributed by atoms with van der Waals surface area (Å²) >= 11 is 2.69. The minimum atomic E-state index is -0.278. The number of carbonyl (C=O) groups excluding carboxylic acids is 2. The van der Waals surface area contributed by atoms with Crippen molar-refractivity contribution in [1.82, 2.24) is 20.3 Å². The number of rotatable bonds is 8. The van der Waals surface area contributed by atoms with Crippen LogP contribution in [0.4, 0.5) is 0 Å². The molecule has 29 heavy (non-hydrogen) atoms. The van der Waals surface area contributed by atoms with Crippen LogP contribution in [0.15, 0.2) is 29.3 Å². The first-order valence-corrected chi connectivity index (χ1v) is 11.0. The fraction of sp³-hybridized carbons (Fsp3) is 0.350. The number of fused-ring (bicyclic) bond motifs is 1. The number of methoxy groups -OCH3 is 1. The van der Waals surface area contributed by atoms with Crippen LogP contribution in [0.3, 0.4) is 0 Å². The van der Waals surface area contributed by atoms with Crippen LogP contribution in [0.25, 0.3) is 11.0 Å². The van der Waals surface area contributed by atoms with Crippen molar-refractivity contribution in [2.45, 2.75) is 31.7 Å². The minimum Gasteiger partial charge on any atom is -0.481 e. The molecule has 9 heteroatoms. The van der Waals surface area contributed by atoms with Gasteiger partial charge in [0.2, 0.25) is 11.8 Å². The Morgan fingerprint density at radius 2 is 2.00 bits per heavy atom. The van der Waals surface area contributed by atoms with Gasteiger partial charge in [-0.3, -0.25) is 9.59 Å². The zero-order valence-corrected chi connectivity index (χ0v) is 18.3. The summed E-state index contributed by atoms with van der Waals surface area (Å²) in [6, 6.07) is 7.20. The second kappa shape index (κ2) is 9.32. The van der Waals surface area contributed by atoms with Gasteiger partial charge in [0.1, 0.15) is 16.4 Å². The average molecular weight is 431 g/mol. The Morgan fingerprint density at radius 1 is 1.21 bits per heavy atom. The van der Waals surface area contributed by atoms with E-state index in [1.807, 2.05) is 32.9 Å². The largest absolute Gasteiger partial charge is 0.481 e. The molecule has 0 aliphatic rings. The van der Waals surface area contributed by atoms with Gasteiger partial charge in [-0.25, -0.2) is 15.0 Å². The molecule has 3 aromatic rings. The van der Waals surface area contributed by atoms with Gasteiger partial charge in [-0.05, 0) is 39.0 Å². The summed E-state index contributed by atoms with van der Waals surface area (Å²) < 4.78 is 5.19. The summed E-state index contributed by atoms with van der Waals surface area (Å²) in [6.07, 6.45) is 0. The first-order valence-electron chi connectivity index (χ1n) is 9.15. The number of hydrogen-bond donors (Lipinski definition) is 1. The Morgan fingerprint density at radius 3 is 2.72 bits per heavy atom. The van der Waals surface area contributed by atoms with Crippen molar-refractivity contribution in [3.8, 4) is 5.88 Å². The van der Waals surface area contributed by atoms with Crippen molar-refractivity contribution in [3.05, 3.63) is 39.8 Å². The fourth-order valence-corrected chi connectivity index (χ4v) is 4.69. The molecule has 3 rings (SSSR count). The molecule has 0 unspecified atom stereocenters. The lowest BCUT2D eigenvalue weighted by atomic mass is 10.1. The van der Waals surface area contributed by atoms with E-state index in [9.17, 15) is 9.59 Å². The first-order chi connectivity index (χ1) is 13.9. The number of Topliss-reactive ketones (excluding diaryl/α,β-unsaturated/α-hetero) is 1. The molecule has 152 valence electrons. The molecular formula is C20H22N4O3S2. The average Bonchev–Trinajstić information content (AvgIpc) is 3.21. The summed E-state index contributed by atoms with van der Waals surface area (Å²) in [7, 11) is 1.55. The topological polar surface area (TPSA) is 94.1 Å². The smallest absolute Gasteiger partial charge is 0.228 e. The van der Waals surface area contributed by atoms with Crippen molar-refractivity contribution in [2.75, 3.05) is 19.4 Å². The molecule has 0 saturated heterocycles. The summed E-state index contributed by atoms with van der Waals surface area (Å²) in [5.41, 5.74) is 1.33. The highest BCUT2D eigenvalue weighted by atomic mass is 32.2. The van der Waals surface area contributed by atoms with E-state index < -0.39 is 0 Å². The maximum atomic E-state index is 12.7. The second-order valence-electron chi connectivity index (χ2n) is 6.33. The molecule has 3 heterocycles. The first kappa shape index (κ1) is 21.2. The Labute approximate surface area is 177 Å². The van der Waals surface area contributed by atoms with Crippen LogP contribution in [-0.4, -0.2) is 46.0 Å². The van der Waals surface area contributed by atoms with E-state index in [-0.39, 0.29) is 23.4 Å². The fourth-order valence-electron chi connectivity index (χ4n) is 2.69. The molecular weight excluding hydrogens is 408 g/mol. The van der Waals surface area contributed by atoms with E-state index in [1.54, 1.807) is 19.2 Å². The normalized spacial score (nSPS) is 12.0. The highest BCUT2D eigenvalue weighted by Crippen LogP contribution is 2.29. The standard InChI is InChI=1S/C20H22N4O3S2/c1-5-21-19(26)11(2)15-7-8-16(29-15)14(25)10-28-20-18-13(22-12(3)23-20)6-9-17(24-18)27-4/h6-9,11H,5,10H2,1-4H3,(H,21,26)/t11-/m0/s1. The number of thiophene rings is 1. The van der Waals surface area contributed by atoms with Crippen LogP contribution >= 0.6 is 23.1 Å². The van der Waals surface area contributed by atoms with Gasteiger partial charge in [0, 0.05) is 17.5 Å². The van der Waals surface area contributed by atoms with Gasteiger partial charge in [-0.15, -0.1) is 11.3 Å². The number of thioether (sulfide) groups is 1. The monoisotopic (exact) mass is 430 g/mol. The van der Waals surface area contributed by atoms with Crippen LogP contribution in [0.1, 0.15) is 40.1 Å². The summed E-state index contributed by atoms with van der Waals surface area (Å²) in [5, 5.41) is 3.45. The number of carbonyl (C=O) groups is 2. The Balaban J connectivity index is 1.75. The zero-order valence-electron chi connectivity index (χ0n) is 16.7. The van der Waals surface area contributed by atoms with Crippen molar-refractivity contribution >= 4 is 45.8 Å². The van der Waals surface area contributed by atoms with E-state index in [0.717, 1.165) is 4.88 Å². The van der Waals surface area contributed by atoms with Gasteiger partial charge in [0.05, 0.1) is 29.2 Å². The van der Waals surface area contributed by atoms with E-state index in [4.69, 9.17) is 4.74 Å². The predicted octanol–water partition coefficient (Wildman–Crippen LogP) is 3.62. The van der Waals surface area contributed by atoms with Gasteiger partial charge in [0.15, 0.2) is 5.78 Å². The van der Waals surface area contributed by atoms with Crippen LogP contribution in [0.2, 0.25) is 0 Å². The van der Waals surface area contributed by atoms with Gasteiger partial charge in [-0.1, -0.05) is 11.8 Å². The minimum absolute atomic E-state index is 0.0124. The summed E-state index contributed by atoms with van der Waals surface area (Å²) in [4.78, 5) is 39.5. The molecule has 0 saturated carbocycles. The number of aryl methyl sites for hydroxylation is 1. The molecule has 0 aromatic carbocycles. The molecule has 0 aliphatic heterocycles. The number of pyridine rings is 1. The van der Waals surface area contributed by atoms with E-state index >= 15 is 0 Å².